The summed E-state index contributed by atoms with van der Waals surface area (Å²) in [6, 6.07) is 5.82. The smallest absolute Gasteiger partial charge is 0.266 e. The number of ether oxygens (including phenoxy) is 2. The van der Waals surface area contributed by atoms with Crippen molar-refractivity contribution in [3.05, 3.63) is 34.8 Å². The Morgan fingerprint density at radius 3 is 2.92 bits per heavy atom. The summed E-state index contributed by atoms with van der Waals surface area (Å²) < 4.78 is 11.7. The molecule has 1 aliphatic rings. The molecule has 0 unspecified atom stereocenters. The van der Waals surface area contributed by atoms with Gasteiger partial charge in [-0.1, -0.05) is 12.1 Å². The summed E-state index contributed by atoms with van der Waals surface area (Å²) in [5, 5.41) is 2.64. The fourth-order valence-electron chi connectivity index (χ4n) is 2.80. The van der Waals surface area contributed by atoms with Crippen molar-refractivity contribution in [1.82, 2.24) is 4.98 Å². The lowest BCUT2D eigenvalue weighted by Crippen LogP contribution is -2.34. The Morgan fingerprint density at radius 2 is 2.25 bits per heavy atom. The fraction of sp³-hybridized carbons (Fsp3) is 0.444. The van der Waals surface area contributed by atoms with Crippen LogP contribution in [0.15, 0.2) is 23.6 Å². The van der Waals surface area contributed by atoms with Gasteiger partial charge in [0.2, 0.25) is 0 Å². The quantitative estimate of drug-likeness (QED) is 0.830. The third kappa shape index (κ3) is 3.38. The number of hydrogen-bond donors (Lipinski definition) is 0. The molecule has 0 saturated heterocycles. The van der Waals surface area contributed by atoms with Gasteiger partial charge >= 0.3 is 0 Å². The zero-order valence-electron chi connectivity index (χ0n) is 14.5. The topological polar surface area (TPSA) is 51.7 Å². The summed E-state index contributed by atoms with van der Waals surface area (Å²) in [5.74, 6) is 1.27. The molecule has 24 heavy (non-hydrogen) atoms. The molecule has 0 saturated carbocycles. The maximum absolute atomic E-state index is 12.5. The maximum Gasteiger partial charge on any atom is 0.266 e. The summed E-state index contributed by atoms with van der Waals surface area (Å²) >= 11 is 1.47. The van der Waals surface area contributed by atoms with Crippen molar-refractivity contribution < 1.29 is 14.3 Å². The van der Waals surface area contributed by atoms with Gasteiger partial charge in [0.1, 0.15) is 5.60 Å². The van der Waals surface area contributed by atoms with Gasteiger partial charge in [-0.05, 0) is 33.8 Å². The number of hydrogen-bond acceptors (Lipinski definition) is 5. The number of carbonyl (C=O) groups excluding carboxylic acids is 1. The van der Waals surface area contributed by atoms with Gasteiger partial charge in [0.15, 0.2) is 23.2 Å². The minimum Gasteiger partial charge on any atom is -0.483 e. The number of amides is 1. The monoisotopic (exact) mass is 346 g/mol. The molecular weight excluding hydrogens is 324 g/mol. The Hall–Kier alpha value is -2.08. The largest absolute Gasteiger partial charge is 0.483 e. The van der Waals surface area contributed by atoms with E-state index in [9.17, 15) is 4.79 Å². The number of likely N-dealkylation sites (N-methyl/N-ethyl adjacent to an activating group) is 1. The Kier molecular flexibility index (Phi) is 4.49. The Morgan fingerprint density at radius 1 is 1.46 bits per heavy atom. The summed E-state index contributed by atoms with van der Waals surface area (Å²) in [6.45, 7) is 8.47. The van der Waals surface area contributed by atoms with Gasteiger partial charge in [0.05, 0.1) is 5.69 Å². The molecule has 1 aromatic heterocycles. The number of nitrogens with zero attached hydrogens (tertiary/aromatic N) is 2. The van der Waals surface area contributed by atoms with Crippen molar-refractivity contribution in [2.45, 2.75) is 39.7 Å². The van der Waals surface area contributed by atoms with Crippen molar-refractivity contribution in [1.29, 1.82) is 0 Å². The van der Waals surface area contributed by atoms with Gasteiger partial charge in [0, 0.05) is 23.9 Å². The number of anilines is 1. The lowest BCUT2D eigenvalue weighted by atomic mass is 10.0. The van der Waals surface area contributed by atoms with Crippen molar-refractivity contribution in [3.63, 3.8) is 0 Å². The van der Waals surface area contributed by atoms with Crippen LogP contribution in [0.5, 0.6) is 11.5 Å². The minimum atomic E-state index is -0.236. The zero-order chi connectivity index (χ0) is 17.3. The third-order valence-electron chi connectivity index (χ3n) is 3.86. The molecule has 1 aliphatic heterocycles. The molecule has 5 nitrogen and oxygen atoms in total. The van der Waals surface area contributed by atoms with Crippen LogP contribution >= 0.6 is 11.3 Å². The van der Waals surface area contributed by atoms with Crippen molar-refractivity contribution in [2.75, 3.05) is 18.1 Å². The number of benzene rings is 1. The standard InChI is InChI=1S/C18H22N2O3S/c1-5-20(17-19-12(2)11-24-17)15(21)10-22-14-8-6-7-13-9-18(3,4)23-16(13)14/h6-8,11H,5,9-10H2,1-4H3. The van der Waals surface area contributed by atoms with Crippen LogP contribution in [0, 0.1) is 6.92 Å². The molecule has 1 amide bonds. The molecule has 0 bridgehead atoms. The first-order chi connectivity index (χ1) is 11.4. The molecule has 0 N–H and O–H groups in total. The molecule has 3 rings (SSSR count). The molecule has 0 aliphatic carbocycles. The second kappa shape index (κ2) is 6.43. The summed E-state index contributed by atoms with van der Waals surface area (Å²) in [7, 11) is 0. The van der Waals surface area contributed by atoms with Crippen molar-refractivity contribution >= 4 is 22.4 Å². The van der Waals surface area contributed by atoms with E-state index >= 15 is 0 Å². The third-order valence-corrected chi connectivity index (χ3v) is 4.84. The lowest BCUT2D eigenvalue weighted by Gasteiger charge is -2.20. The lowest BCUT2D eigenvalue weighted by molar-refractivity contribution is -0.120. The Bertz CT molecular complexity index is 754. The van der Waals surface area contributed by atoms with Gasteiger partial charge in [-0.3, -0.25) is 9.69 Å². The van der Waals surface area contributed by atoms with E-state index in [1.54, 1.807) is 4.90 Å². The van der Waals surface area contributed by atoms with E-state index in [2.05, 4.69) is 4.98 Å². The number of para-hydroxylation sites is 1. The zero-order valence-corrected chi connectivity index (χ0v) is 15.3. The van der Waals surface area contributed by atoms with Crippen LogP contribution in [0.3, 0.4) is 0 Å². The predicted molar refractivity (Wildman–Crippen MR) is 95.2 cm³/mol. The highest BCUT2D eigenvalue weighted by Gasteiger charge is 2.32. The van der Waals surface area contributed by atoms with E-state index < -0.39 is 0 Å². The number of carbonyl (C=O) groups is 1. The van der Waals surface area contributed by atoms with Crippen LogP contribution < -0.4 is 14.4 Å². The average Bonchev–Trinajstić information content (AvgIpc) is 3.07. The summed E-state index contributed by atoms with van der Waals surface area (Å²) in [6.07, 6.45) is 0.840. The molecule has 1 aromatic carbocycles. The Balaban J connectivity index is 1.70. The van der Waals surface area contributed by atoms with Crippen LogP contribution in [0.25, 0.3) is 0 Å². The van der Waals surface area contributed by atoms with E-state index in [4.69, 9.17) is 9.47 Å². The average molecular weight is 346 g/mol. The highest BCUT2D eigenvalue weighted by atomic mass is 32.1. The first kappa shape index (κ1) is 16.8. The van der Waals surface area contributed by atoms with Crippen LogP contribution in [-0.2, 0) is 11.2 Å². The molecule has 0 atom stereocenters. The van der Waals surface area contributed by atoms with E-state index in [0.717, 1.165) is 23.4 Å². The Labute approximate surface area is 146 Å². The molecule has 0 radical (unpaired) electrons. The van der Waals surface area contributed by atoms with Crippen LogP contribution in [0.2, 0.25) is 0 Å². The van der Waals surface area contributed by atoms with E-state index in [-0.39, 0.29) is 18.1 Å². The fourth-order valence-corrected chi connectivity index (χ4v) is 3.69. The number of rotatable bonds is 5. The molecule has 2 aromatic rings. The van der Waals surface area contributed by atoms with E-state index in [1.165, 1.54) is 11.3 Å². The normalized spacial score (nSPS) is 14.8. The van der Waals surface area contributed by atoms with E-state index in [1.807, 2.05) is 51.3 Å². The molecule has 6 heteroatoms. The van der Waals surface area contributed by atoms with Gasteiger partial charge < -0.3 is 9.47 Å². The molecule has 0 fully saturated rings. The first-order valence-corrected chi connectivity index (χ1v) is 8.94. The minimum absolute atomic E-state index is 0.0350. The van der Waals surface area contributed by atoms with Gasteiger partial charge in [-0.25, -0.2) is 4.98 Å². The predicted octanol–water partition coefficient (Wildman–Crippen LogP) is 3.60. The van der Waals surface area contributed by atoms with E-state index in [0.29, 0.717) is 17.4 Å². The van der Waals surface area contributed by atoms with Gasteiger partial charge in [-0.15, -0.1) is 11.3 Å². The molecule has 128 valence electrons. The maximum atomic E-state index is 12.5. The number of fused-ring (bicyclic) bond motifs is 1. The highest BCUT2D eigenvalue weighted by molar-refractivity contribution is 7.14. The van der Waals surface area contributed by atoms with Crippen LogP contribution in [-0.4, -0.2) is 29.6 Å². The first-order valence-electron chi connectivity index (χ1n) is 8.06. The van der Waals surface area contributed by atoms with Gasteiger partial charge in [0.25, 0.3) is 5.91 Å². The number of aryl methyl sites for hydroxylation is 1. The molecular formula is C18H22N2O3S. The number of thiazole rings is 1. The summed E-state index contributed by atoms with van der Waals surface area (Å²) in [5.41, 5.74) is 1.80. The molecule has 0 spiro atoms. The van der Waals surface area contributed by atoms with Gasteiger partial charge in [-0.2, -0.15) is 0 Å². The second-order valence-electron chi connectivity index (χ2n) is 6.48. The molecule has 2 heterocycles. The van der Waals surface area contributed by atoms with Crippen LogP contribution in [0.4, 0.5) is 5.13 Å². The summed E-state index contributed by atoms with van der Waals surface area (Å²) in [4.78, 5) is 18.5. The van der Waals surface area contributed by atoms with Crippen molar-refractivity contribution in [2.24, 2.45) is 0 Å². The van der Waals surface area contributed by atoms with Crippen molar-refractivity contribution in [3.8, 4) is 11.5 Å². The highest BCUT2D eigenvalue weighted by Crippen LogP contribution is 2.41. The van der Waals surface area contributed by atoms with Crippen LogP contribution in [0.1, 0.15) is 32.0 Å². The number of aromatic nitrogens is 1. The SMILES string of the molecule is CCN(C(=O)COc1cccc2c1OC(C)(C)C2)c1nc(C)cs1. The second-order valence-corrected chi connectivity index (χ2v) is 7.32.